The molecule has 2 aliphatic heterocycles. The Morgan fingerprint density at radius 3 is 2.81 bits per heavy atom. The highest BCUT2D eigenvalue weighted by molar-refractivity contribution is 7.91. The molecule has 2 atom stereocenters. The summed E-state index contributed by atoms with van der Waals surface area (Å²) < 4.78 is 30.9. The van der Waals surface area contributed by atoms with Gasteiger partial charge in [0, 0.05) is 19.1 Å². The van der Waals surface area contributed by atoms with Gasteiger partial charge < -0.3 is 15.0 Å². The number of benzene rings is 1. The summed E-state index contributed by atoms with van der Waals surface area (Å²) in [6.07, 6.45) is 3.04. The molecule has 2 aromatic rings. The van der Waals surface area contributed by atoms with Gasteiger partial charge in [-0.2, -0.15) is 5.10 Å². The molecule has 2 saturated heterocycles. The third-order valence-electron chi connectivity index (χ3n) is 4.68. The van der Waals surface area contributed by atoms with Crippen LogP contribution in [0.1, 0.15) is 0 Å². The number of rotatable bonds is 4. The molecule has 4 rings (SSSR count). The smallest absolute Gasteiger partial charge is 0.260 e. The lowest BCUT2D eigenvalue weighted by Gasteiger charge is -2.37. The highest BCUT2D eigenvalue weighted by atomic mass is 32.2. The first kappa shape index (κ1) is 17.0. The van der Waals surface area contributed by atoms with Crippen LogP contribution in [0.4, 0.5) is 0 Å². The highest BCUT2D eigenvalue weighted by Crippen LogP contribution is 2.22. The number of aromatic nitrogens is 3. The molecule has 0 unspecified atom stereocenters. The van der Waals surface area contributed by atoms with Crippen molar-refractivity contribution in [2.45, 2.75) is 12.1 Å². The van der Waals surface area contributed by atoms with Crippen molar-refractivity contribution in [3.05, 3.63) is 36.9 Å². The molecule has 3 heterocycles. The van der Waals surface area contributed by atoms with Gasteiger partial charge in [0.1, 0.15) is 18.4 Å². The van der Waals surface area contributed by atoms with Crippen LogP contribution >= 0.6 is 0 Å². The Labute approximate surface area is 150 Å². The number of hydrogen-bond acceptors (Lipinski definition) is 7. The number of hydrogen-bond donors (Lipinski definition) is 1. The van der Waals surface area contributed by atoms with E-state index >= 15 is 0 Å². The molecule has 2 aliphatic rings. The molecule has 10 heteroatoms. The third kappa shape index (κ3) is 3.42. The van der Waals surface area contributed by atoms with Crippen LogP contribution in [0.15, 0.2) is 36.9 Å². The number of fused-ring (bicyclic) bond motifs is 1. The van der Waals surface area contributed by atoms with E-state index in [4.69, 9.17) is 4.74 Å². The summed E-state index contributed by atoms with van der Waals surface area (Å²) in [5.41, 5.74) is 0.835. The molecule has 1 amide bonds. The fourth-order valence-corrected chi connectivity index (χ4v) is 5.40. The number of nitrogens with one attached hydrogen (secondary N) is 1. The van der Waals surface area contributed by atoms with Gasteiger partial charge in [0.05, 0.1) is 23.2 Å². The van der Waals surface area contributed by atoms with E-state index in [1.165, 1.54) is 6.33 Å². The lowest BCUT2D eigenvalue weighted by molar-refractivity contribution is -0.136. The van der Waals surface area contributed by atoms with E-state index in [2.05, 4.69) is 15.4 Å². The van der Waals surface area contributed by atoms with E-state index < -0.39 is 9.84 Å². The largest absolute Gasteiger partial charge is 0.484 e. The molecule has 138 valence electrons. The number of sulfone groups is 1. The van der Waals surface area contributed by atoms with Crippen molar-refractivity contribution in [3.63, 3.8) is 0 Å². The lowest BCUT2D eigenvalue weighted by atomic mass is 10.1. The van der Waals surface area contributed by atoms with Gasteiger partial charge in [0.2, 0.25) is 0 Å². The number of nitrogens with zero attached hydrogens (tertiary/aromatic N) is 4. The van der Waals surface area contributed by atoms with Crippen LogP contribution in [0, 0.1) is 0 Å². The van der Waals surface area contributed by atoms with Gasteiger partial charge in [0.15, 0.2) is 16.4 Å². The maximum Gasteiger partial charge on any atom is 0.260 e. The Bertz CT molecular complexity index is 882. The topological polar surface area (TPSA) is 106 Å². The van der Waals surface area contributed by atoms with Crippen molar-refractivity contribution in [2.75, 3.05) is 31.2 Å². The molecule has 1 N–H and O–H groups in total. The summed E-state index contributed by atoms with van der Waals surface area (Å²) in [4.78, 5) is 18.1. The normalized spacial score (nSPS) is 24.2. The van der Waals surface area contributed by atoms with E-state index in [1.807, 2.05) is 12.1 Å². The van der Waals surface area contributed by atoms with E-state index in [0.717, 1.165) is 5.69 Å². The Morgan fingerprint density at radius 1 is 1.27 bits per heavy atom. The number of amides is 1. The van der Waals surface area contributed by atoms with Gasteiger partial charge in [-0.25, -0.2) is 18.1 Å². The monoisotopic (exact) mass is 377 g/mol. The molecule has 1 aromatic heterocycles. The highest BCUT2D eigenvalue weighted by Gasteiger charge is 2.44. The van der Waals surface area contributed by atoms with Gasteiger partial charge >= 0.3 is 0 Å². The molecule has 26 heavy (non-hydrogen) atoms. The van der Waals surface area contributed by atoms with Gasteiger partial charge in [0.25, 0.3) is 5.91 Å². The molecular formula is C16H19N5O4S. The second-order valence-corrected chi connectivity index (χ2v) is 8.57. The minimum absolute atomic E-state index is 0.0169. The summed E-state index contributed by atoms with van der Waals surface area (Å²) >= 11 is 0. The van der Waals surface area contributed by atoms with Crippen LogP contribution < -0.4 is 10.1 Å². The second-order valence-electron chi connectivity index (χ2n) is 6.41. The fourth-order valence-electron chi connectivity index (χ4n) is 3.44. The van der Waals surface area contributed by atoms with E-state index in [0.29, 0.717) is 18.8 Å². The standard InChI is InChI=1S/C16H19N5O4S/c22-16(20-6-5-18-14-8-26(23,24)9-15(14)20)7-25-13-3-1-12(2-4-13)21-11-17-10-19-21/h1-4,10-11,14-15,18H,5-9H2/t14-,15+/m0/s1. The maximum atomic E-state index is 12.5. The first-order chi connectivity index (χ1) is 12.5. The van der Waals surface area contributed by atoms with Crippen molar-refractivity contribution < 1.29 is 17.9 Å². The first-order valence-electron chi connectivity index (χ1n) is 8.33. The van der Waals surface area contributed by atoms with Crippen molar-refractivity contribution in [1.82, 2.24) is 25.0 Å². The van der Waals surface area contributed by atoms with Crippen LogP contribution in [-0.2, 0) is 14.6 Å². The Hall–Kier alpha value is -2.46. The zero-order valence-electron chi connectivity index (χ0n) is 14.0. The van der Waals surface area contributed by atoms with Crippen LogP contribution in [-0.4, -0.2) is 77.3 Å². The van der Waals surface area contributed by atoms with Crippen molar-refractivity contribution in [1.29, 1.82) is 0 Å². The van der Waals surface area contributed by atoms with E-state index in [1.54, 1.807) is 28.0 Å². The third-order valence-corrected chi connectivity index (χ3v) is 6.40. The van der Waals surface area contributed by atoms with Gasteiger partial charge in [-0.1, -0.05) is 0 Å². The molecule has 1 aromatic carbocycles. The van der Waals surface area contributed by atoms with Crippen molar-refractivity contribution >= 4 is 15.7 Å². The zero-order valence-corrected chi connectivity index (χ0v) is 14.8. The number of carbonyl (C=O) groups is 1. The minimum atomic E-state index is -3.10. The summed E-state index contributed by atoms with van der Waals surface area (Å²) in [5.74, 6) is 0.474. The number of piperazine rings is 1. The van der Waals surface area contributed by atoms with Gasteiger partial charge in [-0.3, -0.25) is 4.79 Å². The molecule has 0 aliphatic carbocycles. The van der Waals surface area contributed by atoms with Crippen LogP contribution in [0.25, 0.3) is 5.69 Å². The first-order valence-corrected chi connectivity index (χ1v) is 10.2. The summed E-state index contributed by atoms with van der Waals surface area (Å²) in [5, 5.41) is 7.23. The molecule has 2 fully saturated rings. The van der Waals surface area contributed by atoms with Gasteiger partial charge in [-0.15, -0.1) is 0 Å². The van der Waals surface area contributed by atoms with Crippen LogP contribution in [0.5, 0.6) is 5.75 Å². The van der Waals surface area contributed by atoms with Crippen molar-refractivity contribution in [2.24, 2.45) is 0 Å². The summed E-state index contributed by atoms with van der Waals surface area (Å²) in [6.45, 7) is 0.963. The molecule has 0 saturated carbocycles. The molecular weight excluding hydrogens is 358 g/mol. The second kappa shape index (κ2) is 6.69. The number of ether oxygens (including phenoxy) is 1. The Morgan fingerprint density at radius 2 is 2.08 bits per heavy atom. The number of carbonyl (C=O) groups excluding carboxylic acids is 1. The zero-order chi connectivity index (χ0) is 18.1. The molecule has 0 bridgehead atoms. The minimum Gasteiger partial charge on any atom is -0.484 e. The average molecular weight is 377 g/mol. The predicted octanol–water partition coefficient (Wildman–Crippen LogP) is -0.756. The van der Waals surface area contributed by atoms with E-state index in [-0.39, 0.29) is 36.1 Å². The SMILES string of the molecule is O=C(COc1ccc(-n2cncn2)cc1)N1CCN[C@H]2CS(=O)(=O)C[C@H]21. The van der Waals surface area contributed by atoms with Crippen LogP contribution in [0.3, 0.4) is 0 Å². The van der Waals surface area contributed by atoms with Crippen molar-refractivity contribution in [3.8, 4) is 11.4 Å². The van der Waals surface area contributed by atoms with Gasteiger partial charge in [-0.05, 0) is 24.3 Å². The average Bonchev–Trinajstić information content (AvgIpc) is 3.25. The van der Waals surface area contributed by atoms with Crippen LogP contribution in [0.2, 0.25) is 0 Å². The predicted molar refractivity (Wildman–Crippen MR) is 92.8 cm³/mol. The summed E-state index contributed by atoms with van der Waals surface area (Å²) in [6, 6.07) is 6.66. The Balaban J connectivity index is 1.38. The summed E-state index contributed by atoms with van der Waals surface area (Å²) in [7, 11) is -3.10. The maximum absolute atomic E-state index is 12.5. The molecule has 9 nitrogen and oxygen atoms in total. The fraction of sp³-hybridized carbons (Fsp3) is 0.438. The lowest BCUT2D eigenvalue weighted by Crippen LogP contribution is -2.59. The molecule has 0 radical (unpaired) electrons. The molecule has 0 spiro atoms. The Kier molecular flexibility index (Phi) is 4.37. The quantitative estimate of drug-likeness (QED) is 0.747. The van der Waals surface area contributed by atoms with E-state index in [9.17, 15) is 13.2 Å².